The van der Waals surface area contributed by atoms with Crippen LogP contribution in [0, 0.1) is 0 Å². The molecular formula is C23H35Cl2NO4Si. The number of rotatable bonds is 12. The molecule has 0 unspecified atom stereocenters. The molecule has 1 aromatic rings. The third-order valence-corrected chi connectivity index (χ3v) is 11.0. The zero-order valence-electron chi connectivity index (χ0n) is 19.5. The second-order valence-corrected chi connectivity index (χ2v) is 14.5. The zero-order chi connectivity index (χ0) is 23.8. The summed E-state index contributed by atoms with van der Waals surface area (Å²) in [6, 6.07) is 3.21. The lowest BCUT2D eigenvalue weighted by atomic mass is 10.0. The number of nitrogens with one attached hydrogen (secondary N) is 1. The highest BCUT2D eigenvalue weighted by molar-refractivity contribution is 6.74. The number of ether oxygens (including phenoxy) is 1. The van der Waals surface area contributed by atoms with E-state index in [2.05, 4.69) is 45.8 Å². The zero-order valence-corrected chi connectivity index (χ0v) is 22.0. The van der Waals surface area contributed by atoms with E-state index >= 15 is 0 Å². The maximum Gasteiger partial charge on any atom is 0.257 e. The van der Waals surface area contributed by atoms with Crippen molar-refractivity contribution in [3.05, 3.63) is 34.3 Å². The van der Waals surface area contributed by atoms with Gasteiger partial charge in [-0.1, -0.05) is 57.5 Å². The molecule has 31 heavy (non-hydrogen) atoms. The first-order valence-corrected chi connectivity index (χ1v) is 14.2. The van der Waals surface area contributed by atoms with Gasteiger partial charge in [0.2, 0.25) is 0 Å². The fraction of sp³-hybridized carbons (Fsp3) is 0.565. The number of amides is 1. The summed E-state index contributed by atoms with van der Waals surface area (Å²) in [5, 5.41) is 3.36. The van der Waals surface area contributed by atoms with E-state index in [-0.39, 0.29) is 39.1 Å². The van der Waals surface area contributed by atoms with Crippen LogP contribution in [0.3, 0.4) is 0 Å². The molecule has 5 nitrogen and oxygen atoms in total. The maximum absolute atomic E-state index is 12.0. The third-order valence-electron chi connectivity index (χ3n) is 5.55. The van der Waals surface area contributed by atoms with E-state index in [1.54, 1.807) is 19.1 Å². The Bertz CT molecular complexity index is 804. The summed E-state index contributed by atoms with van der Waals surface area (Å²) >= 11 is 12.5. The molecule has 0 saturated heterocycles. The van der Waals surface area contributed by atoms with Crippen molar-refractivity contribution in [3.63, 3.8) is 0 Å². The Balaban J connectivity index is 2.42. The minimum Gasteiger partial charge on any atom is -0.482 e. The molecule has 0 spiro atoms. The number of hydrogen-bond acceptors (Lipinski definition) is 4. The van der Waals surface area contributed by atoms with Gasteiger partial charge in [0.1, 0.15) is 10.8 Å². The van der Waals surface area contributed by atoms with Gasteiger partial charge < -0.3 is 14.5 Å². The molecule has 0 aliphatic carbocycles. The molecule has 0 atom stereocenters. The number of halogens is 2. The number of benzene rings is 1. The van der Waals surface area contributed by atoms with Crippen molar-refractivity contribution in [2.45, 2.75) is 65.1 Å². The fourth-order valence-electron chi connectivity index (χ4n) is 2.43. The minimum absolute atomic E-state index is 0.110. The quantitative estimate of drug-likeness (QED) is 0.214. The first kappa shape index (κ1) is 27.7. The summed E-state index contributed by atoms with van der Waals surface area (Å²) in [7, 11) is -1.72. The van der Waals surface area contributed by atoms with Gasteiger partial charge in [0.25, 0.3) is 5.91 Å². The number of unbranched alkanes of at least 4 members (excludes halogenated alkanes) is 1. The molecule has 0 aliphatic heterocycles. The highest BCUT2D eigenvalue weighted by Crippen LogP contribution is 2.38. The fourth-order valence-corrected chi connectivity index (χ4v) is 4.01. The number of Topliss-reactive ketones (excluding diaryl/α,β-unsaturated/α-hetero) is 1. The average molecular weight is 489 g/mol. The van der Waals surface area contributed by atoms with E-state index in [0.29, 0.717) is 30.7 Å². The molecule has 174 valence electrons. The van der Waals surface area contributed by atoms with Crippen LogP contribution in [0.1, 0.15) is 52.5 Å². The van der Waals surface area contributed by atoms with Crippen LogP contribution in [0.4, 0.5) is 0 Å². The van der Waals surface area contributed by atoms with Crippen LogP contribution in [0.25, 0.3) is 5.57 Å². The molecule has 0 aromatic heterocycles. The van der Waals surface area contributed by atoms with Crippen LogP contribution in [0.5, 0.6) is 5.75 Å². The maximum atomic E-state index is 12.0. The van der Waals surface area contributed by atoms with Crippen molar-refractivity contribution in [2.24, 2.45) is 0 Å². The molecule has 1 rings (SSSR count). The van der Waals surface area contributed by atoms with Gasteiger partial charge in [0.15, 0.2) is 20.7 Å². The lowest BCUT2D eigenvalue weighted by molar-refractivity contribution is -0.123. The molecule has 0 fully saturated rings. The number of carbonyl (C=O) groups excluding carboxylic acids is 2. The predicted octanol–water partition coefficient (Wildman–Crippen LogP) is 6.28. The summed E-state index contributed by atoms with van der Waals surface area (Å²) in [5.74, 6) is -0.0713. The lowest BCUT2D eigenvalue weighted by Gasteiger charge is -2.36. The number of carbonyl (C=O) groups is 2. The molecule has 0 saturated carbocycles. The van der Waals surface area contributed by atoms with Gasteiger partial charge >= 0.3 is 0 Å². The Morgan fingerprint density at radius 2 is 1.77 bits per heavy atom. The van der Waals surface area contributed by atoms with Crippen molar-refractivity contribution >= 4 is 48.8 Å². The third kappa shape index (κ3) is 8.26. The van der Waals surface area contributed by atoms with Crippen LogP contribution >= 0.6 is 23.2 Å². The largest absolute Gasteiger partial charge is 0.482 e. The molecular weight excluding hydrogens is 453 g/mol. The summed E-state index contributed by atoms with van der Waals surface area (Å²) in [6.07, 6.45) is 2.04. The summed E-state index contributed by atoms with van der Waals surface area (Å²) < 4.78 is 11.6. The molecule has 8 heteroatoms. The number of allylic oxidation sites excluding steroid dienone is 1. The van der Waals surface area contributed by atoms with Crippen molar-refractivity contribution in [3.8, 4) is 5.75 Å². The van der Waals surface area contributed by atoms with E-state index in [0.717, 1.165) is 12.8 Å². The van der Waals surface area contributed by atoms with Crippen molar-refractivity contribution in [1.82, 2.24) is 5.32 Å². The molecule has 0 radical (unpaired) electrons. The van der Waals surface area contributed by atoms with Gasteiger partial charge in [-0.3, -0.25) is 9.59 Å². The second-order valence-electron chi connectivity index (χ2n) is 8.95. The van der Waals surface area contributed by atoms with Gasteiger partial charge in [-0.15, -0.1) is 0 Å². The molecule has 1 N–H and O–H groups in total. The van der Waals surface area contributed by atoms with Crippen LogP contribution in [0.2, 0.25) is 28.2 Å². The number of hydrogen-bond donors (Lipinski definition) is 1. The highest BCUT2D eigenvalue weighted by atomic mass is 35.5. The van der Waals surface area contributed by atoms with Crippen molar-refractivity contribution in [1.29, 1.82) is 0 Å². The highest BCUT2D eigenvalue weighted by Gasteiger charge is 2.36. The average Bonchev–Trinajstić information content (AvgIpc) is 2.69. The van der Waals surface area contributed by atoms with Crippen LogP contribution < -0.4 is 10.1 Å². The smallest absolute Gasteiger partial charge is 0.257 e. The summed E-state index contributed by atoms with van der Waals surface area (Å²) in [6.45, 7) is 17.7. The van der Waals surface area contributed by atoms with Crippen molar-refractivity contribution in [2.75, 3.05) is 19.8 Å². The standard InChI is InChI=1S/C23H35Cl2NO4Si/c1-8-18(27)16(2)17-11-12-19(22(25)21(17)24)29-15-20(28)26-13-9-10-14-30-31(6,7)23(3,4)5/h11-12H,2,8-10,13-15H2,1,3-7H3,(H,26,28). The topological polar surface area (TPSA) is 64.6 Å². The first-order chi connectivity index (χ1) is 14.3. The Hall–Kier alpha value is -1.34. The van der Waals surface area contributed by atoms with E-state index < -0.39 is 8.32 Å². The lowest BCUT2D eigenvalue weighted by Crippen LogP contribution is -2.41. The van der Waals surface area contributed by atoms with E-state index in [4.69, 9.17) is 32.4 Å². The summed E-state index contributed by atoms with van der Waals surface area (Å²) in [4.78, 5) is 23.9. The molecule has 0 bridgehead atoms. The van der Waals surface area contributed by atoms with Gasteiger partial charge in [-0.2, -0.15) is 0 Å². The normalized spacial score (nSPS) is 11.9. The van der Waals surface area contributed by atoms with Gasteiger partial charge in [0.05, 0.1) is 5.02 Å². The Labute approximate surface area is 197 Å². The van der Waals surface area contributed by atoms with Crippen molar-refractivity contribution < 1.29 is 18.8 Å². The second kappa shape index (κ2) is 12.0. The molecule has 1 aromatic carbocycles. The van der Waals surface area contributed by atoms with Gasteiger partial charge in [0, 0.05) is 30.7 Å². The summed E-state index contributed by atoms with van der Waals surface area (Å²) in [5.41, 5.74) is 0.770. The Morgan fingerprint density at radius 3 is 2.35 bits per heavy atom. The SMILES string of the molecule is C=C(C(=O)CC)c1ccc(OCC(=O)NCCCCO[Si](C)(C)C(C)(C)C)c(Cl)c1Cl. The van der Waals surface area contributed by atoms with Crippen LogP contribution in [-0.4, -0.2) is 39.8 Å². The Morgan fingerprint density at radius 1 is 1.13 bits per heavy atom. The van der Waals surface area contributed by atoms with Gasteiger partial charge in [-0.05, 0) is 43.1 Å². The van der Waals surface area contributed by atoms with Gasteiger partial charge in [-0.25, -0.2) is 0 Å². The monoisotopic (exact) mass is 487 g/mol. The molecule has 1 amide bonds. The predicted molar refractivity (Wildman–Crippen MR) is 132 cm³/mol. The first-order valence-electron chi connectivity index (χ1n) is 10.6. The van der Waals surface area contributed by atoms with E-state index in [1.165, 1.54) is 0 Å². The van der Waals surface area contributed by atoms with E-state index in [9.17, 15) is 9.59 Å². The van der Waals surface area contributed by atoms with Crippen LogP contribution in [0.15, 0.2) is 18.7 Å². The molecule has 0 heterocycles. The minimum atomic E-state index is -1.72. The molecule has 0 aliphatic rings. The van der Waals surface area contributed by atoms with E-state index in [1.807, 2.05) is 0 Å². The number of ketones is 1. The van der Waals surface area contributed by atoms with Crippen LogP contribution in [-0.2, 0) is 14.0 Å². The Kier molecular flexibility index (Phi) is 10.8.